The van der Waals surface area contributed by atoms with Gasteiger partial charge in [0.2, 0.25) is 5.91 Å². The van der Waals surface area contributed by atoms with Gasteiger partial charge in [-0.2, -0.15) is 13.2 Å². The summed E-state index contributed by atoms with van der Waals surface area (Å²) in [6.45, 7) is 4.72. The van der Waals surface area contributed by atoms with Crippen LogP contribution in [0.25, 0.3) is 0 Å². The van der Waals surface area contributed by atoms with Gasteiger partial charge in [-0.25, -0.2) is 8.42 Å². The molecule has 192 valence electrons. The molecule has 0 saturated carbocycles. The maximum Gasteiger partial charge on any atom is 0.417 e. The molecule has 0 unspecified atom stereocenters. The first-order chi connectivity index (χ1) is 16.5. The Morgan fingerprint density at radius 3 is 2.43 bits per heavy atom. The molecule has 1 aliphatic heterocycles. The molecule has 0 atom stereocenters. The van der Waals surface area contributed by atoms with Gasteiger partial charge in [-0.1, -0.05) is 36.7 Å². The summed E-state index contributed by atoms with van der Waals surface area (Å²) in [5.74, 6) is 0.106. The topological polar surface area (TPSA) is 69.7 Å². The first kappa shape index (κ1) is 27.3. The summed E-state index contributed by atoms with van der Waals surface area (Å²) in [6, 6.07) is 10.0. The Kier molecular flexibility index (Phi) is 9.06. The molecule has 1 saturated heterocycles. The molecule has 0 aromatic heterocycles. The third-order valence-corrected chi connectivity index (χ3v) is 8.13. The number of nitrogens with zero attached hydrogens (tertiary/aromatic N) is 2. The standard InChI is InChI=1S/C24H29ClF3N3O3S/c1-18-10-14-30(15-11-18)13-5-12-29-23(32)17-31(35(33,34)20-6-3-2-4-7-20)19-8-9-22(25)21(16-19)24(26,27)28/h2-4,6-9,16,18H,5,10-15,17H2,1H3,(H,29,32). The van der Waals surface area contributed by atoms with Crippen molar-refractivity contribution in [3.05, 3.63) is 59.1 Å². The van der Waals surface area contributed by atoms with Crippen LogP contribution in [0.15, 0.2) is 53.4 Å². The second kappa shape index (κ2) is 11.6. The van der Waals surface area contributed by atoms with Crippen molar-refractivity contribution in [2.24, 2.45) is 5.92 Å². The van der Waals surface area contributed by atoms with Crippen LogP contribution < -0.4 is 9.62 Å². The lowest BCUT2D eigenvalue weighted by atomic mass is 9.99. The number of rotatable bonds is 9. The number of anilines is 1. The number of hydrogen-bond donors (Lipinski definition) is 1. The van der Waals surface area contributed by atoms with E-state index in [9.17, 15) is 26.4 Å². The molecular formula is C24H29ClF3N3O3S. The van der Waals surface area contributed by atoms with Crippen LogP contribution in [0.3, 0.4) is 0 Å². The minimum atomic E-state index is -4.79. The van der Waals surface area contributed by atoms with Crippen LogP contribution in [0, 0.1) is 5.92 Å². The number of hydrogen-bond acceptors (Lipinski definition) is 4. The third kappa shape index (κ3) is 7.35. The van der Waals surface area contributed by atoms with Crippen LogP contribution in [0.1, 0.15) is 31.7 Å². The van der Waals surface area contributed by atoms with Crippen molar-refractivity contribution in [3.8, 4) is 0 Å². The van der Waals surface area contributed by atoms with Crippen LogP contribution in [-0.2, 0) is 21.0 Å². The van der Waals surface area contributed by atoms with E-state index in [0.29, 0.717) is 29.3 Å². The molecule has 1 heterocycles. The third-order valence-electron chi connectivity index (χ3n) is 6.01. The summed E-state index contributed by atoms with van der Waals surface area (Å²) in [5.41, 5.74) is -1.48. The van der Waals surface area contributed by atoms with Crippen LogP contribution in [0.4, 0.5) is 18.9 Å². The molecule has 1 amide bonds. The average Bonchev–Trinajstić information content (AvgIpc) is 2.81. The Morgan fingerprint density at radius 2 is 1.80 bits per heavy atom. The number of nitrogens with one attached hydrogen (secondary N) is 1. The zero-order valence-electron chi connectivity index (χ0n) is 19.4. The number of benzene rings is 2. The van der Waals surface area contributed by atoms with Gasteiger partial charge in [0, 0.05) is 6.54 Å². The molecule has 6 nitrogen and oxygen atoms in total. The lowest BCUT2D eigenvalue weighted by molar-refractivity contribution is -0.137. The number of carbonyl (C=O) groups is 1. The highest BCUT2D eigenvalue weighted by Crippen LogP contribution is 2.38. The van der Waals surface area contributed by atoms with Gasteiger partial charge in [0.1, 0.15) is 6.54 Å². The summed E-state index contributed by atoms with van der Waals surface area (Å²) < 4.78 is 67.5. The summed E-state index contributed by atoms with van der Waals surface area (Å²) in [6.07, 6.45) is -1.83. The lowest BCUT2D eigenvalue weighted by Crippen LogP contribution is -2.42. The van der Waals surface area contributed by atoms with Crippen LogP contribution >= 0.6 is 11.6 Å². The molecular weight excluding hydrogens is 503 g/mol. The Morgan fingerprint density at radius 1 is 1.14 bits per heavy atom. The van der Waals surface area contributed by atoms with Gasteiger partial charge < -0.3 is 10.2 Å². The molecule has 0 radical (unpaired) electrons. The molecule has 0 bridgehead atoms. The number of sulfonamides is 1. The number of likely N-dealkylation sites (tertiary alicyclic amines) is 1. The fraction of sp³-hybridized carbons (Fsp3) is 0.458. The van der Waals surface area contributed by atoms with E-state index < -0.39 is 39.2 Å². The van der Waals surface area contributed by atoms with Crippen molar-refractivity contribution in [2.45, 2.75) is 37.3 Å². The first-order valence-electron chi connectivity index (χ1n) is 11.4. The number of carbonyl (C=O) groups excluding carboxylic acids is 1. The van der Waals surface area contributed by atoms with Gasteiger partial charge in [-0.15, -0.1) is 0 Å². The molecule has 35 heavy (non-hydrogen) atoms. The van der Waals surface area contributed by atoms with Crippen molar-refractivity contribution in [1.29, 1.82) is 0 Å². The molecule has 2 aromatic carbocycles. The van der Waals surface area contributed by atoms with Crippen molar-refractivity contribution in [1.82, 2.24) is 10.2 Å². The quantitative estimate of drug-likeness (QED) is 0.472. The van der Waals surface area contributed by atoms with Gasteiger partial charge in [0.05, 0.1) is 21.2 Å². The van der Waals surface area contributed by atoms with E-state index in [1.54, 1.807) is 6.07 Å². The van der Waals surface area contributed by atoms with Gasteiger partial charge in [-0.3, -0.25) is 9.10 Å². The molecule has 0 spiro atoms. The van der Waals surface area contributed by atoms with E-state index >= 15 is 0 Å². The fourth-order valence-electron chi connectivity index (χ4n) is 3.92. The number of piperidine rings is 1. The van der Waals surface area contributed by atoms with Gasteiger partial charge in [0.25, 0.3) is 10.0 Å². The molecule has 11 heteroatoms. The lowest BCUT2D eigenvalue weighted by Gasteiger charge is -2.30. The summed E-state index contributed by atoms with van der Waals surface area (Å²) in [7, 11) is -4.32. The zero-order chi connectivity index (χ0) is 25.6. The maximum atomic E-state index is 13.4. The Labute approximate surface area is 209 Å². The van der Waals surface area contributed by atoms with Gasteiger partial charge >= 0.3 is 6.18 Å². The second-order valence-corrected chi connectivity index (χ2v) is 11.0. The first-order valence-corrected chi connectivity index (χ1v) is 13.2. The minimum Gasteiger partial charge on any atom is -0.354 e. The van der Waals surface area contributed by atoms with E-state index in [2.05, 4.69) is 17.1 Å². The largest absolute Gasteiger partial charge is 0.417 e. The molecule has 1 fully saturated rings. The highest BCUT2D eigenvalue weighted by atomic mass is 35.5. The zero-order valence-corrected chi connectivity index (χ0v) is 21.0. The number of amides is 1. The van der Waals surface area contributed by atoms with E-state index in [1.165, 1.54) is 24.3 Å². The fourth-order valence-corrected chi connectivity index (χ4v) is 5.58. The van der Waals surface area contributed by atoms with Gasteiger partial charge in [0.15, 0.2) is 0 Å². The molecule has 3 rings (SSSR count). The highest BCUT2D eigenvalue weighted by Gasteiger charge is 2.35. The highest BCUT2D eigenvalue weighted by molar-refractivity contribution is 7.92. The minimum absolute atomic E-state index is 0.143. The van der Waals surface area contributed by atoms with Gasteiger partial charge in [-0.05, 0) is 75.1 Å². The number of alkyl halides is 3. The molecule has 1 N–H and O–H groups in total. The SMILES string of the molecule is CC1CCN(CCCNC(=O)CN(c2ccc(Cl)c(C(F)(F)F)c2)S(=O)(=O)c2ccccc2)CC1. The van der Waals surface area contributed by atoms with E-state index in [0.717, 1.165) is 44.6 Å². The molecule has 0 aliphatic carbocycles. The summed E-state index contributed by atoms with van der Waals surface area (Å²) >= 11 is 5.71. The van der Waals surface area contributed by atoms with Crippen LogP contribution in [0.5, 0.6) is 0 Å². The normalized spacial score (nSPS) is 15.7. The predicted molar refractivity (Wildman–Crippen MR) is 130 cm³/mol. The molecule has 1 aliphatic rings. The second-order valence-electron chi connectivity index (χ2n) is 8.71. The average molecular weight is 532 g/mol. The van der Waals surface area contributed by atoms with E-state index in [4.69, 9.17) is 11.6 Å². The summed E-state index contributed by atoms with van der Waals surface area (Å²) in [5, 5.41) is 2.13. The van der Waals surface area contributed by atoms with Crippen molar-refractivity contribution < 1.29 is 26.4 Å². The van der Waals surface area contributed by atoms with Crippen molar-refractivity contribution >= 4 is 33.2 Å². The Bertz CT molecular complexity index is 1110. The van der Waals surface area contributed by atoms with Crippen LogP contribution in [-0.4, -0.2) is 51.9 Å². The smallest absolute Gasteiger partial charge is 0.354 e. The monoisotopic (exact) mass is 531 g/mol. The Balaban J connectivity index is 1.75. The predicted octanol–water partition coefficient (Wildman–Crippen LogP) is 4.79. The van der Waals surface area contributed by atoms with E-state index in [-0.39, 0.29) is 10.6 Å². The number of halogens is 4. The summed E-state index contributed by atoms with van der Waals surface area (Å²) in [4.78, 5) is 14.8. The Hall–Kier alpha value is -2.30. The molecule has 2 aromatic rings. The van der Waals surface area contributed by atoms with Crippen LogP contribution in [0.2, 0.25) is 5.02 Å². The van der Waals surface area contributed by atoms with E-state index in [1.807, 2.05) is 0 Å². The van der Waals surface area contributed by atoms with Crippen molar-refractivity contribution in [2.75, 3.05) is 37.0 Å². The van der Waals surface area contributed by atoms with Crippen molar-refractivity contribution in [3.63, 3.8) is 0 Å². The maximum absolute atomic E-state index is 13.4.